The van der Waals surface area contributed by atoms with Crippen LogP contribution in [-0.2, 0) is 4.79 Å². The summed E-state index contributed by atoms with van der Waals surface area (Å²) in [7, 11) is 1.97. The lowest BCUT2D eigenvalue weighted by Gasteiger charge is -2.19. The quantitative estimate of drug-likeness (QED) is 0.289. The number of hydrogen-bond acceptors (Lipinski definition) is 9. The van der Waals surface area contributed by atoms with E-state index in [9.17, 15) is 4.79 Å². The number of anilines is 3. The summed E-state index contributed by atoms with van der Waals surface area (Å²) in [6.07, 6.45) is 3.03. The van der Waals surface area contributed by atoms with E-state index in [1.165, 1.54) is 11.8 Å². The van der Waals surface area contributed by atoms with Crippen molar-refractivity contribution in [1.82, 2.24) is 15.3 Å². The Labute approximate surface area is 192 Å². The average Bonchev–Trinajstić information content (AvgIpc) is 3.23. The van der Waals surface area contributed by atoms with Crippen molar-refractivity contribution in [2.75, 3.05) is 35.7 Å². The number of nitrogens with two attached hydrogens (primary N) is 1. The third-order valence-corrected chi connectivity index (χ3v) is 5.80. The van der Waals surface area contributed by atoms with Crippen molar-refractivity contribution in [3.8, 4) is 0 Å². The van der Waals surface area contributed by atoms with E-state index in [1.807, 2.05) is 44.3 Å². The lowest BCUT2D eigenvalue weighted by molar-refractivity contribution is -0.115. The van der Waals surface area contributed by atoms with Gasteiger partial charge < -0.3 is 32.0 Å². The highest BCUT2D eigenvalue weighted by Gasteiger charge is 2.23. The predicted molar refractivity (Wildman–Crippen MR) is 130 cm³/mol. The summed E-state index contributed by atoms with van der Waals surface area (Å²) >= 11 is 1.44. The third-order valence-electron chi connectivity index (χ3n) is 4.93. The van der Waals surface area contributed by atoms with Crippen LogP contribution >= 0.6 is 11.8 Å². The Bertz CT molecular complexity index is 992. The molecule has 3 rings (SSSR count). The van der Waals surface area contributed by atoms with E-state index in [2.05, 4.69) is 25.8 Å². The molecule has 1 aliphatic rings. The van der Waals surface area contributed by atoms with Crippen molar-refractivity contribution in [1.29, 1.82) is 5.41 Å². The standard InChI is InChI=1S/C22H30N8OS/c1-4-21(31)26-15-5-7-17(8-6-15)32-22-28-19(27-18(24)11-14(2)23)12-20(29-22)30-10-9-16(13-30)25-3/h5-8,11-12,16,23,25H,4,9-10,13,24H2,1-3H3,(H,26,31)(H,27,28,29)/b18-11+,23-14?/t16-/m0/s1. The predicted octanol–water partition coefficient (Wildman–Crippen LogP) is 3.03. The molecular weight excluding hydrogens is 424 g/mol. The molecule has 1 saturated heterocycles. The molecule has 1 amide bonds. The van der Waals surface area contributed by atoms with Crippen LogP contribution in [0.25, 0.3) is 0 Å². The molecule has 9 nitrogen and oxygen atoms in total. The number of rotatable bonds is 9. The molecule has 6 N–H and O–H groups in total. The number of nitrogens with zero attached hydrogens (tertiary/aromatic N) is 3. The zero-order valence-electron chi connectivity index (χ0n) is 18.6. The first-order valence-electron chi connectivity index (χ1n) is 10.5. The molecule has 0 saturated carbocycles. The van der Waals surface area contributed by atoms with Crippen LogP contribution in [0.1, 0.15) is 26.7 Å². The minimum absolute atomic E-state index is 0.0200. The van der Waals surface area contributed by atoms with Crippen molar-refractivity contribution in [2.24, 2.45) is 5.73 Å². The highest BCUT2D eigenvalue weighted by molar-refractivity contribution is 7.99. The van der Waals surface area contributed by atoms with Gasteiger partial charge >= 0.3 is 0 Å². The molecule has 0 aliphatic carbocycles. The summed E-state index contributed by atoms with van der Waals surface area (Å²) in [4.78, 5) is 24.1. The van der Waals surface area contributed by atoms with Crippen molar-refractivity contribution in [3.63, 3.8) is 0 Å². The molecule has 0 radical (unpaired) electrons. The van der Waals surface area contributed by atoms with Gasteiger partial charge in [-0.15, -0.1) is 0 Å². The van der Waals surface area contributed by atoms with Gasteiger partial charge in [-0.1, -0.05) is 6.92 Å². The maximum atomic E-state index is 11.6. The van der Waals surface area contributed by atoms with Gasteiger partial charge in [-0.25, -0.2) is 9.97 Å². The lowest BCUT2D eigenvalue weighted by atomic mass is 10.3. The number of aromatic nitrogens is 2. The minimum atomic E-state index is -0.0200. The van der Waals surface area contributed by atoms with Crippen LogP contribution in [0.15, 0.2) is 52.3 Å². The van der Waals surface area contributed by atoms with Crippen LogP contribution in [0.4, 0.5) is 17.3 Å². The number of carbonyl (C=O) groups is 1. The van der Waals surface area contributed by atoms with E-state index in [-0.39, 0.29) is 5.91 Å². The molecule has 0 unspecified atom stereocenters. The Balaban J connectivity index is 1.83. The maximum Gasteiger partial charge on any atom is 0.224 e. The fourth-order valence-electron chi connectivity index (χ4n) is 3.27. The van der Waals surface area contributed by atoms with E-state index < -0.39 is 0 Å². The van der Waals surface area contributed by atoms with Gasteiger partial charge in [-0.05, 0) is 62.5 Å². The summed E-state index contributed by atoms with van der Waals surface area (Å²) in [5, 5.41) is 17.4. The smallest absolute Gasteiger partial charge is 0.224 e. The number of allylic oxidation sites excluding steroid dienone is 1. The molecule has 0 spiro atoms. The van der Waals surface area contributed by atoms with Crippen molar-refractivity contribution < 1.29 is 4.79 Å². The molecule has 0 bridgehead atoms. The summed E-state index contributed by atoms with van der Waals surface area (Å²) in [5.41, 5.74) is 7.12. The highest BCUT2D eigenvalue weighted by Crippen LogP contribution is 2.30. The second-order valence-corrected chi connectivity index (χ2v) is 8.59. The minimum Gasteiger partial charge on any atom is -0.385 e. The Kier molecular flexibility index (Phi) is 8.07. The zero-order valence-corrected chi connectivity index (χ0v) is 19.4. The second kappa shape index (κ2) is 11.0. The Morgan fingerprint density at radius 2 is 2.06 bits per heavy atom. The van der Waals surface area contributed by atoms with Gasteiger partial charge in [0.2, 0.25) is 5.91 Å². The van der Waals surface area contributed by atoms with Gasteiger partial charge in [0, 0.05) is 47.9 Å². The first kappa shape index (κ1) is 23.6. The van der Waals surface area contributed by atoms with E-state index in [0.29, 0.717) is 35.0 Å². The van der Waals surface area contributed by atoms with Crippen molar-refractivity contribution >= 4 is 40.7 Å². The number of hydrogen-bond donors (Lipinski definition) is 5. The van der Waals surface area contributed by atoms with Gasteiger partial charge in [-0.2, -0.15) is 0 Å². The second-order valence-electron chi connectivity index (χ2n) is 7.55. The fraction of sp³-hybridized carbons (Fsp3) is 0.364. The largest absolute Gasteiger partial charge is 0.385 e. The zero-order chi connectivity index (χ0) is 23.1. The van der Waals surface area contributed by atoms with E-state index in [0.717, 1.165) is 35.9 Å². The molecule has 32 heavy (non-hydrogen) atoms. The van der Waals surface area contributed by atoms with Crippen molar-refractivity contribution in [2.45, 2.75) is 42.8 Å². The third kappa shape index (κ3) is 6.69. The summed E-state index contributed by atoms with van der Waals surface area (Å²) in [5.74, 6) is 1.73. The molecule has 1 aromatic carbocycles. The van der Waals surface area contributed by atoms with Gasteiger partial charge in [0.25, 0.3) is 0 Å². The monoisotopic (exact) mass is 454 g/mol. The van der Waals surface area contributed by atoms with Crippen LogP contribution < -0.4 is 26.6 Å². The summed E-state index contributed by atoms with van der Waals surface area (Å²) in [6.45, 7) is 5.26. The van der Waals surface area contributed by atoms with Crippen LogP contribution in [-0.4, -0.2) is 47.8 Å². The molecule has 1 fully saturated rings. The number of benzene rings is 1. The van der Waals surface area contributed by atoms with E-state index >= 15 is 0 Å². The first-order valence-corrected chi connectivity index (χ1v) is 11.4. The normalized spacial score (nSPS) is 16.2. The molecule has 170 valence electrons. The summed E-state index contributed by atoms with van der Waals surface area (Å²) < 4.78 is 0. The molecule has 1 aromatic heterocycles. The van der Waals surface area contributed by atoms with Gasteiger partial charge in [0.15, 0.2) is 5.16 Å². The van der Waals surface area contributed by atoms with Crippen LogP contribution in [0.5, 0.6) is 0 Å². The highest BCUT2D eigenvalue weighted by atomic mass is 32.2. The molecule has 10 heteroatoms. The molecule has 1 atom stereocenters. The number of nitrogens with one attached hydrogen (secondary N) is 4. The molecule has 2 heterocycles. The van der Waals surface area contributed by atoms with Gasteiger partial charge in [0.05, 0.1) is 0 Å². The van der Waals surface area contributed by atoms with Gasteiger partial charge in [0.1, 0.15) is 17.5 Å². The van der Waals surface area contributed by atoms with E-state index in [4.69, 9.17) is 16.1 Å². The SMILES string of the molecule is CCC(=O)Nc1ccc(Sc2nc(N/C(N)=C/C(C)=N)cc(N3CC[C@H](NC)C3)n2)cc1. The first-order chi connectivity index (χ1) is 15.4. The lowest BCUT2D eigenvalue weighted by Crippen LogP contribution is -2.30. The topological polar surface area (TPSA) is 132 Å². The van der Waals surface area contributed by atoms with Crippen LogP contribution in [0.2, 0.25) is 0 Å². The Morgan fingerprint density at radius 1 is 1.31 bits per heavy atom. The molecule has 1 aliphatic heterocycles. The Morgan fingerprint density at radius 3 is 2.69 bits per heavy atom. The summed E-state index contributed by atoms with van der Waals surface area (Å²) in [6, 6.07) is 9.89. The van der Waals surface area contributed by atoms with Gasteiger partial charge in [-0.3, -0.25) is 4.79 Å². The molecular formula is C22H30N8OS. The van der Waals surface area contributed by atoms with Crippen molar-refractivity contribution in [3.05, 3.63) is 42.2 Å². The number of carbonyl (C=O) groups excluding carboxylic acids is 1. The van der Waals surface area contributed by atoms with Crippen LogP contribution in [0.3, 0.4) is 0 Å². The number of amides is 1. The fourth-order valence-corrected chi connectivity index (χ4v) is 4.03. The Hall–Kier alpha value is -3.11. The maximum absolute atomic E-state index is 11.6. The average molecular weight is 455 g/mol. The number of likely N-dealkylation sites (N-methyl/N-ethyl adjacent to an activating group) is 1. The molecule has 2 aromatic rings. The van der Waals surface area contributed by atoms with Crippen LogP contribution in [0, 0.1) is 5.41 Å². The van der Waals surface area contributed by atoms with E-state index in [1.54, 1.807) is 13.0 Å².